The maximum Gasteiger partial charge on any atom is 0.111 e. The first-order valence-electron chi connectivity index (χ1n) is 5.68. The maximum absolute atomic E-state index is 10.1. The summed E-state index contributed by atoms with van der Waals surface area (Å²) in [5, 5.41) is 10.1. The Bertz CT molecular complexity index is 324. The minimum absolute atomic E-state index is 0.0410. The first-order valence-corrected chi connectivity index (χ1v) is 6.84. The van der Waals surface area contributed by atoms with Crippen molar-refractivity contribution < 1.29 is 9.84 Å². The number of nitrogens with zero attached hydrogens (tertiary/aromatic N) is 2. The molecule has 0 aromatic carbocycles. The predicted octanol–water partition coefficient (Wildman–Crippen LogP) is 0.938. The number of imidazole rings is 1. The lowest BCUT2D eigenvalue weighted by atomic mass is 10.1. The number of ether oxygens (including phenoxy) is 1. The number of aliphatic hydroxyl groups is 1. The number of aryl methyl sites for hydroxylation is 1. The van der Waals surface area contributed by atoms with Gasteiger partial charge in [-0.1, -0.05) is 0 Å². The van der Waals surface area contributed by atoms with E-state index in [9.17, 15) is 5.11 Å². The standard InChI is InChI=1S/C11H18N2O2S/c1-2-13-4-3-12-11(13)7-9(14)10-8-16-6-5-15-10/h3-4,9-10,14H,2,5-8H2,1H3. The van der Waals surface area contributed by atoms with Crippen LogP contribution in [0.2, 0.25) is 0 Å². The van der Waals surface area contributed by atoms with Crippen molar-refractivity contribution in [2.45, 2.75) is 32.1 Å². The van der Waals surface area contributed by atoms with Gasteiger partial charge in [0.2, 0.25) is 0 Å². The number of hydrogen-bond donors (Lipinski definition) is 1. The van der Waals surface area contributed by atoms with Gasteiger partial charge in [-0.25, -0.2) is 4.98 Å². The molecule has 2 unspecified atom stereocenters. The maximum atomic E-state index is 10.1. The molecule has 16 heavy (non-hydrogen) atoms. The molecular formula is C11H18N2O2S. The van der Waals surface area contributed by atoms with Crippen molar-refractivity contribution >= 4 is 11.8 Å². The summed E-state index contributed by atoms with van der Waals surface area (Å²) in [5.41, 5.74) is 0. The van der Waals surface area contributed by atoms with Gasteiger partial charge >= 0.3 is 0 Å². The van der Waals surface area contributed by atoms with Crippen LogP contribution in [0.5, 0.6) is 0 Å². The van der Waals surface area contributed by atoms with E-state index in [1.54, 1.807) is 6.20 Å². The summed E-state index contributed by atoms with van der Waals surface area (Å²) in [7, 11) is 0. The zero-order valence-electron chi connectivity index (χ0n) is 9.50. The summed E-state index contributed by atoms with van der Waals surface area (Å²) in [5.74, 6) is 2.86. The van der Waals surface area contributed by atoms with Crippen LogP contribution in [0, 0.1) is 0 Å². The van der Waals surface area contributed by atoms with Gasteiger partial charge in [0.1, 0.15) is 5.82 Å². The molecule has 0 saturated carbocycles. The summed E-state index contributed by atoms with van der Waals surface area (Å²) in [6, 6.07) is 0. The number of aromatic nitrogens is 2. The third-order valence-corrected chi connectivity index (χ3v) is 3.82. The van der Waals surface area contributed by atoms with E-state index in [4.69, 9.17) is 4.74 Å². The molecule has 1 aliphatic rings. The van der Waals surface area contributed by atoms with Crippen molar-refractivity contribution in [3.8, 4) is 0 Å². The molecular weight excluding hydrogens is 224 g/mol. The molecule has 1 N–H and O–H groups in total. The molecule has 1 saturated heterocycles. The normalized spacial score (nSPS) is 23.2. The van der Waals surface area contributed by atoms with E-state index in [1.165, 1.54) is 0 Å². The largest absolute Gasteiger partial charge is 0.390 e. The molecule has 0 aliphatic carbocycles. The molecule has 1 aromatic rings. The van der Waals surface area contributed by atoms with Crippen LogP contribution >= 0.6 is 11.8 Å². The monoisotopic (exact) mass is 242 g/mol. The zero-order valence-corrected chi connectivity index (χ0v) is 10.3. The van der Waals surface area contributed by atoms with Crippen molar-refractivity contribution in [2.75, 3.05) is 18.1 Å². The van der Waals surface area contributed by atoms with Gasteiger partial charge in [-0.3, -0.25) is 0 Å². The molecule has 2 atom stereocenters. The van der Waals surface area contributed by atoms with Gasteiger partial charge in [-0.15, -0.1) is 0 Å². The minimum Gasteiger partial charge on any atom is -0.390 e. The molecule has 1 fully saturated rings. The van der Waals surface area contributed by atoms with Crippen molar-refractivity contribution in [3.05, 3.63) is 18.2 Å². The highest BCUT2D eigenvalue weighted by atomic mass is 32.2. The average Bonchev–Trinajstić information content (AvgIpc) is 2.77. The van der Waals surface area contributed by atoms with Crippen LogP contribution in [-0.2, 0) is 17.7 Å². The number of thioether (sulfide) groups is 1. The smallest absolute Gasteiger partial charge is 0.111 e. The SMILES string of the molecule is CCn1ccnc1CC(O)C1CSCCO1. The highest BCUT2D eigenvalue weighted by Crippen LogP contribution is 2.17. The average molecular weight is 242 g/mol. The van der Waals surface area contributed by atoms with Crippen molar-refractivity contribution in [1.82, 2.24) is 9.55 Å². The van der Waals surface area contributed by atoms with Gasteiger partial charge in [0.05, 0.1) is 18.8 Å². The number of aliphatic hydroxyl groups excluding tert-OH is 1. The van der Waals surface area contributed by atoms with Crippen molar-refractivity contribution in [1.29, 1.82) is 0 Å². The van der Waals surface area contributed by atoms with Crippen LogP contribution in [0.15, 0.2) is 12.4 Å². The Morgan fingerprint density at radius 2 is 2.62 bits per heavy atom. The van der Waals surface area contributed by atoms with Gasteiger partial charge in [-0.2, -0.15) is 11.8 Å². The summed E-state index contributed by atoms with van der Waals surface area (Å²) >= 11 is 1.84. The van der Waals surface area contributed by atoms with Crippen LogP contribution in [0.1, 0.15) is 12.7 Å². The van der Waals surface area contributed by atoms with Crippen molar-refractivity contribution in [2.24, 2.45) is 0 Å². The molecule has 1 aliphatic heterocycles. The molecule has 0 spiro atoms. The molecule has 0 radical (unpaired) electrons. The van der Waals surface area contributed by atoms with E-state index in [-0.39, 0.29) is 6.10 Å². The fourth-order valence-corrected chi connectivity index (χ4v) is 2.80. The first-order chi connectivity index (χ1) is 7.81. The Hall–Kier alpha value is -0.520. The zero-order chi connectivity index (χ0) is 11.4. The Balaban J connectivity index is 1.93. The third kappa shape index (κ3) is 2.78. The van der Waals surface area contributed by atoms with Gasteiger partial charge in [0, 0.05) is 36.9 Å². The van der Waals surface area contributed by atoms with E-state index >= 15 is 0 Å². The predicted molar refractivity (Wildman–Crippen MR) is 64.7 cm³/mol. The Morgan fingerprint density at radius 1 is 1.75 bits per heavy atom. The molecule has 4 nitrogen and oxygen atoms in total. The Kier molecular flexibility index (Phi) is 4.26. The molecule has 0 bridgehead atoms. The highest BCUT2D eigenvalue weighted by Gasteiger charge is 2.24. The van der Waals surface area contributed by atoms with Gasteiger partial charge in [0.25, 0.3) is 0 Å². The van der Waals surface area contributed by atoms with Crippen LogP contribution in [0.4, 0.5) is 0 Å². The van der Waals surface area contributed by atoms with E-state index in [0.717, 1.165) is 30.5 Å². The second-order valence-electron chi connectivity index (χ2n) is 3.89. The van der Waals surface area contributed by atoms with Crippen LogP contribution in [-0.4, -0.2) is 45.0 Å². The lowest BCUT2D eigenvalue weighted by Crippen LogP contribution is -2.37. The second-order valence-corrected chi connectivity index (χ2v) is 5.03. The molecule has 0 amide bonds. The topological polar surface area (TPSA) is 47.3 Å². The Morgan fingerprint density at radius 3 is 3.31 bits per heavy atom. The summed E-state index contributed by atoms with van der Waals surface area (Å²) in [4.78, 5) is 4.26. The minimum atomic E-state index is -0.444. The molecule has 2 rings (SSSR count). The fourth-order valence-electron chi connectivity index (χ4n) is 1.86. The highest BCUT2D eigenvalue weighted by molar-refractivity contribution is 7.99. The number of rotatable bonds is 4. The quantitative estimate of drug-likeness (QED) is 0.853. The summed E-state index contributed by atoms with van der Waals surface area (Å²) in [6.07, 6.45) is 3.81. The van der Waals surface area contributed by atoms with E-state index in [2.05, 4.69) is 16.5 Å². The van der Waals surface area contributed by atoms with Gasteiger partial charge in [0.15, 0.2) is 0 Å². The molecule has 2 heterocycles. The van der Waals surface area contributed by atoms with Gasteiger partial charge in [-0.05, 0) is 6.92 Å². The second kappa shape index (κ2) is 5.70. The van der Waals surface area contributed by atoms with E-state index < -0.39 is 6.10 Å². The first kappa shape index (κ1) is 12.0. The van der Waals surface area contributed by atoms with E-state index in [0.29, 0.717) is 6.42 Å². The molecule has 90 valence electrons. The summed E-state index contributed by atoms with van der Waals surface area (Å²) in [6.45, 7) is 3.71. The van der Waals surface area contributed by atoms with Crippen LogP contribution in [0.3, 0.4) is 0 Å². The third-order valence-electron chi connectivity index (χ3n) is 2.80. The molecule has 5 heteroatoms. The van der Waals surface area contributed by atoms with E-state index in [1.807, 2.05) is 18.0 Å². The lowest BCUT2D eigenvalue weighted by Gasteiger charge is -2.26. The van der Waals surface area contributed by atoms with Crippen LogP contribution in [0.25, 0.3) is 0 Å². The molecule has 1 aromatic heterocycles. The number of hydrogen-bond acceptors (Lipinski definition) is 4. The van der Waals surface area contributed by atoms with Gasteiger partial charge < -0.3 is 14.4 Å². The van der Waals surface area contributed by atoms with Crippen LogP contribution < -0.4 is 0 Å². The Labute approximate surface area is 100 Å². The lowest BCUT2D eigenvalue weighted by molar-refractivity contribution is -0.0218. The summed E-state index contributed by atoms with van der Waals surface area (Å²) < 4.78 is 7.61. The van der Waals surface area contributed by atoms with Crippen molar-refractivity contribution in [3.63, 3.8) is 0 Å². The fraction of sp³-hybridized carbons (Fsp3) is 0.727.